The van der Waals surface area contributed by atoms with E-state index in [4.69, 9.17) is 4.98 Å². The minimum absolute atomic E-state index is 0.0272. The molecule has 1 unspecified atom stereocenters. The summed E-state index contributed by atoms with van der Waals surface area (Å²) in [6, 6.07) is 17.7. The lowest BCUT2D eigenvalue weighted by molar-refractivity contribution is -0.385. The second kappa shape index (κ2) is 6.88. The number of fused-ring (bicyclic) bond motifs is 1. The molecule has 4 rings (SSSR count). The van der Waals surface area contributed by atoms with Crippen LogP contribution in [0.4, 0.5) is 5.69 Å². The summed E-state index contributed by atoms with van der Waals surface area (Å²) in [7, 11) is 0. The highest BCUT2D eigenvalue weighted by Crippen LogP contribution is 2.31. The van der Waals surface area contributed by atoms with Crippen molar-refractivity contribution in [2.24, 2.45) is 0 Å². The Labute approximate surface area is 162 Å². The van der Waals surface area contributed by atoms with Gasteiger partial charge in [0.2, 0.25) is 0 Å². The lowest BCUT2D eigenvalue weighted by Crippen LogP contribution is -2.09. The summed E-state index contributed by atoms with van der Waals surface area (Å²) in [4.78, 5) is 19.6. The van der Waals surface area contributed by atoms with Gasteiger partial charge >= 0.3 is 0 Å². The highest BCUT2D eigenvalue weighted by atomic mass is 16.6. The number of hydrogen-bond donors (Lipinski definition) is 0. The summed E-state index contributed by atoms with van der Waals surface area (Å²) in [6.45, 7) is 6.25. The average molecular weight is 372 g/mol. The third kappa shape index (κ3) is 3.13. The first kappa shape index (κ1) is 17.9. The Morgan fingerprint density at radius 2 is 1.71 bits per heavy atom. The van der Waals surface area contributed by atoms with E-state index in [0.29, 0.717) is 11.5 Å². The van der Waals surface area contributed by atoms with E-state index in [0.717, 1.165) is 22.2 Å². The maximum Gasteiger partial charge on any atom is 0.287 e. The largest absolute Gasteiger partial charge is 0.315 e. The molecular weight excluding hydrogens is 352 g/mol. The normalized spacial score (nSPS) is 12.2. The van der Waals surface area contributed by atoms with Crippen molar-refractivity contribution in [3.05, 3.63) is 87.6 Å². The fourth-order valence-corrected chi connectivity index (χ4v) is 3.40. The molecule has 4 aromatic rings. The van der Waals surface area contributed by atoms with Gasteiger partial charge in [-0.1, -0.05) is 35.9 Å². The molecule has 28 heavy (non-hydrogen) atoms. The van der Waals surface area contributed by atoms with E-state index in [1.165, 1.54) is 17.8 Å². The Kier molecular flexibility index (Phi) is 4.39. The molecule has 0 aliphatic rings. The fourth-order valence-electron chi connectivity index (χ4n) is 3.40. The zero-order chi connectivity index (χ0) is 19.8. The number of imidazole rings is 1. The summed E-state index contributed by atoms with van der Waals surface area (Å²) in [5.74, 6) is 0.698. The third-order valence-electron chi connectivity index (χ3n) is 4.98. The fraction of sp³-hybridized carbons (Fsp3) is 0.182. The van der Waals surface area contributed by atoms with Crippen LogP contribution >= 0.6 is 0 Å². The van der Waals surface area contributed by atoms with Gasteiger partial charge in [-0.2, -0.15) is 0 Å². The van der Waals surface area contributed by atoms with Crippen LogP contribution in [-0.4, -0.2) is 19.5 Å². The topological polar surface area (TPSA) is 73.8 Å². The smallest absolute Gasteiger partial charge is 0.287 e. The van der Waals surface area contributed by atoms with Crippen molar-refractivity contribution in [1.82, 2.24) is 14.5 Å². The van der Waals surface area contributed by atoms with E-state index in [9.17, 15) is 10.1 Å². The van der Waals surface area contributed by atoms with E-state index in [-0.39, 0.29) is 11.7 Å². The van der Waals surface area contributed by atoms with Crippen molar-refractivity contribution in [2.75, 3.05) is 0 Å². The molecule has 0 amide bonds. The van der Waals surface area contributed by atoms with Crippen molar-refractivity contribution < 1.29 is 4.92 Å². The molecule has 140 valence electrons. The Balaban J connectivity index is 1.91. The molecule has 6 heteroatoms. The van der Waals surface area contributed by atoms with Gasteiger partial charge in [0.15, 0.2) is 5.82 Å². The van der Waals surface area contributed by atoms with Crippen molar-refractivity contribution in [3.63, 3.8) is 0 Å². The molecule has 2 aromatic carbocycles. The highest BCUT2D eigenvalue weighted by Gasteiger charge is 2.20. The van der Waals surface area contributed by atoms with Gasteiger partial charge in [0, 0.05) is 6.07 Å². The van der Waals surface area contributed by atoms with Crippen molar-refractivity contribution in [3.8, 4) is 11.5 Å². The molecule has 0 spiro atoms. The zero-order valence-electron chi connectivity index (χ0n) is 16.0. The van der Waals surface area contributed by atoms with E-state index < -0.39 is 4.92 Å². The Morgan fingerprint density at radius 1 is 1.00 bits per heavy atom. The monoisotopic (exact) mass is 372 g/mol. The predicted octanol–water partition coefficient (Wildman–Crippen LogP) is 5.23. The molecule has 1 atom stereocenters. The summed E-state index contributed by atoms with van der Waals surface area (Å²) in [5, 5.41) is 11.0. The number of aromatic nitrogens is 3. The van der Waals surface area contributed by atoms with E-state index in [1.807, 2.05) is 12.1 Å². The highest BCUT2D eigenvalue weighted by molar-refractivity contribution is 5.81. The van der Waals surface area contributed by atoms with Crippen molar-refractivity contribution >= 4 is 16.7 Å². The van der Waals surface area contributed by atoms with Gasteiger partial charge in [0.25, 0.3) is 5.69 Å². The molecule has 0 bridgehead atoms. The molecule has 2 aromatic heterocycles. The van der Waals surface area contributed by atoms with Gasteiger partial charge in [-0.05, 0) is 50.1 Å². The van der Waals surface area contributed by atoms with Gasteiger partial charge < -0.3 is 4.57 Å². The molecule has 0 fully saturated rings. The average Bonchev–Trinajstić information content (AvgIpc) is 3.06. The summed E-state index contributed by atoms with van der Waals surface area (Å²) in [5.41, 5.74) is 5.98. The van der Waals surface area contributed by atoms with Crippen molar-refractivity contribution in [1.29, 1.82) is 0 Å². The van der Waals surface area contributed by atoms with Crippen LogP contribution in [0.1, 0.15) is 29.7 Å². The number of pyridine rings is 1. The number of benzene rings is 2. The molecule has 0 N–H and O–H groups in total. The van der Waals surface area contributed by atoms with E-state index in [2.05, 4.69) is 60.7 Å². The van der Waals surface area contributed by atoms with Crippen molar-refractivity contribution in [2.45, 2.75) is 26.8 Å². The maximum atomic E-state index is 11.0. The van der Waals surface area contributed by atoms with Crippen LogP contribution in [0.2, 0.25) is 0 Å². The molecule has 0 saturated carbocycles. The SMILES string of the molecule is Cc1ccc(C(C)n2c(-c3ccc([N+](=O)[O-])cn3)nc3ccc(C)cc32)cc1. The van der Waals surface area contributed by atoms with Crippen LogP contribution in [0.3, 0.4) is 0 Å². The first-order valence-corrected chi connectivity index (χ1v) is 9.10. The lowest BCUT2D eigenvalue weighted by atomic mass is 10.1. The molecule has 6 nitrogen and oxygen atoms in total. The zero-order valence-corrected chi connectivity index (χ0v) is 16.0. The van der Waals surface area contributed by atoms with Crippen LogP contribution in [0.5, 0.6) is 0 Å². The first-order chi connectivity index (χ1) is 13.4. The van der Waals surface area contributed by atoms with E-state index in [1.54, 1.807) is 6.07 Å². The van der Waals surface area contributed by atoms with Gasteiger partial charge in [-0.3, -0.25) is 10.1 Å². The third-order valence-corrected chi connectivity index (χ3v) is 4.98. The first-order valence-electron chi connectivity index (χ1n) is 9.10. The molecule has 0 aliphatic heterocycles. The maximum absolute atomic E-state index is 11.0. The molecule has 2 heterocycles. The number of rotatable bonds is 4. The number of nitro groups is 1. The molecule has 0 aliphatic carbocycles. The quantitative estimate of drug-likeness (QED) is 0.363. The number of aryl methyl sites for hydroxylation is 2. The van der Waals surface area contributed by atoms with Gasteiger partial charge in [0.05, 0.1) is 22.0 Å². The Bertz CT molecular complexity index is 1160. The van der Waals surface area contributed by atoms with Crippen LogP contribution in [0.25, 0.3) is 22.6 Å². The Morgan fingerprint density at radius 3 is 2.36 bits per heavy atom. The lowest BCUT2D eigenvalue weighted by Gasteiger charge is -2.18. The molecular formula is C22H20N4O2. The van der Waals surface area contributed by atoms with Crippen LogP contribution in [0, 0.1) is 24.0 Å². The van der Waals surface area contributed by atoms with Crippen LogP contribution in [-0.2, 0) is 0 Å². The number of hydrogen-bond acceptors (Lipinski definition) is 4. The summed E-state index contributed by atoms with van der Waals surface area (Å²) in [6.07, 6.45) is 1.28. The minimum Gasteiger partial charge on any atom is -0.315 e. The van der Waals surface area contributed by atoms with Gasteiger partial charge in [-0.25, -0.2) is 9.97 Å². The summed E-state index contributed by atoms with van der Waals surface area (Å²) < 4.78 is 2.15. The van der Waals surface area contributed by atoms with Gasteiger partial charge in [0.1, 0.15) is 11.9 Å². The summed E-state index contributed by atoms with van der Waals surface area (Å²) >= 11 is 0. The molecule has 0 radical (unpaired) electrons. The second-order valence-corrected chi connectivity index (χ2v) is 7.04. The van der Waals surface area contributed by atoms with E-state index >= 15 is 0 Å². The molecule has 0 saturated heterocycles. The van der Waals surface area contributed by atoms with Crippen LogP contribution in [0.15, 0.2) is 60.8 Å². The Hall–Kier alpha value is -3.54. The standard InChI is InChI=1S/C22H20N4O2/c1-14-4-7-17(8-5-14)16(3)25-21-12-15(2)6-10-19(21)24-22(25)20-11-9-18(13-23-20)26(27)28/h4-13,16H,1-3H3. The van der Waals surface area contributed by atoms with Gasteiger partial charge in [-0.15, -0.1) is 0 Å². The second-order valence-electron chi connectivity index (χ2n) is 7.04. The predicted molar refractivity (Wildman–Crippen MR) is 109 cm³/mol. The minimum atomic E-state index is -0.446. The number of nitrogens with zero attached hydrogens (tertiary/aromatic N) is 4. The van der Waals surface area contributed by atoms with Crippen LogP contribution < -0.4 is 0 Å².